The lowest BCUT2D eigenvalue weighted by Gasteiger charge is -2.17. The molecule has 0 radical (unpaired) electrons. The Morgan fingerprint density at radius 1 is 1.06 bits per heavy atom. The predicted molar refractivity (Wildman–Crippen MR) is 118 cm³/mol. The van der Waals surface area contributed by atoms with Crippen molar-refractivity contribution in [3.63, 3.8) is 0 Å². The first kappa shape index (κ1) is 22.0. The molecule has 1 aliphatic heterocycles. The number of hydrogen-bond donors (Lipinski definition) is 1. The maximum absolute atomic E-state index is 12.8. The molecule has 0 aliphatic carbocycles. The van der Waals surface area contributed by atoms with E-state index in [0.717, 1.165) is 17.4 Å². The van der Waals surface area contributed by atoms with E-state index in [0.29, 0.717) is 18.8 Å². The minimum absolute atomic E-state index is 0.143. The van der Waals surface area contributed by atoms with Crippen molar-refractivity contribution in [2.45, 2.75) is 30.7 Å². The average Bonchev–Trinajstić information content (AvgIpc) is 3.47. The molecule has 1 amide bonds. The van der Waals surface area contributed by atoms with E-state index in [-0.39, 0.29) is 16.1 Å². The van der Waals surface area contributed by atoms with Crippen LogP contribution in [0.4, 0.5) is 5.69 Å². The van der Waals surface area contributed by atoms with Gasteiger partial charge in [0.1, 0.15) is 6.04 Å². The van der Waals surface area contributed by atoms with Crippen molar-refractivity contribution in [2.75, 3.05) is 18.4 Å². The van der Waals surface area contributed by atoms with Crippen molar-refractivity contribution in [3.8, 4) is 0 Å². The molecule has 170 valence electrons. The van der Waals surface area contributed by atoms with Crippen LogP contribution in [0.1, 0.15) is 25.8 Å². The number of aromatic nitrogens is 4. The molecule has 1 fully saturated rings. The quantitative estimate of drug-likeness (QED) is 0.588. The molecular formula is C20H24N6O5S. The third kappa shape index (κ3) is 3.54. The van der Waals surface area contributed by atoms with Crippen LogP contribution in [0.3, 0.4) is 0 Å². The second kappa shape index (κ2) is 8.02. The Hall–Kier alpha value is -3.25. The summed E-state index contributed by atoms with van der Waals surface area (Å²) >= 11 is 0. The summed E-state index contributed by atoms with van der Waals surface area (Å²) in [5, 5.41) is 2.73. The minimum atomic E-state index is -3.53. The summed E-state index contributed by atoms with van der Waals surface area (Å²) in [6.07, 6.45) is 3.05. The number of rotatable bonds is 5. The van der Waals surface area contributed by atoms with Crippen molar-refractivity contribution in [2.24, 2.45) is 14.1 Å². The van der Waals surface area contributed by atoms with E-state index in [1.165, 1.54) is 58.1 Å². The van der Waals surface area contributed by atoms with Gasteiger partial charge in [0, 0.05) is 32.9 Å². The highest BCUT2D eigenvalue weighted by Gasteiger charge is 2.27. The van der Waals surface area contributed by atoms with Crippen LogP contribution in [0.25, 0.3) is 11.2 Å². The van der Waals surface area contributed by atoms with Crippen LogP contribution in [-0.2, 0) is 28.9 Å². The van der Waals surface area contributed by atoms with E-state index in [1.807, 2.05) is 0 Å². The minimum Gasteiger partial charge on any atom is -0.324 e. The van der Waals surface area contributed by atoms with Crippen LogP contribution in [0.5, 0.6) is 0 Å². The molecule has 1 atom stereocenters. The van der Waals surface area contributed by atoms with Gasteiger partial charge in [-0.2, -0.15) is 4.31 Å². The monoisotopic (exact) mass is 460 g/mol. The van der Waals surface area contributed by atoms with Gasteiger partial charge in [-0.15, -0.1) is 0 Å². The number of imidazole rings is 1. The second-order valence-corrected chi connectivity index (χ2v) is 9.77. The number of aryl methyl sites for hydroxylation is 1. The summed E-state index contributed by atoms with van der Waals surface area (Å²) in [6, 6.07) is 5.18. The highest BCUT2D eigenvalue weighted by molar-refractivity contribution is 7.89. The van der Waals surface area contributed by atoms with Gasteiger partial charge in [0.2, 0.25) is 15.9 Å². The Kier molecular flexibility index (Phi) is 5.51. The molecule has 12 heteroatoms. The number of amides is 1. The summed E-state index contributed by atoms with van der Waals surface area (Å²) < 4.78 is 30.4. The predicted octanol–water partition coefficient (Wildman–Crippen LogP) is 0.418. The first-order valence-electron chi connectivity index (χ1n) is 10.2. The Labute approximate surface area is 184 Å². The summed E-state index contributed by atoms with van der Waals surface area (Å²) in [4.78, 5) is 41.8. The highest BCUT2D eigenvalue weighted by atomic mass is 32.2. The Bertz CT molecular complexity index is 1410. The van der Waals surface area contributed by atoms with Gasteiger partial charge in [-0.3, -0.25) is 18.7 Å². The molecular weight excluding hydrogens is 436 g/mol. The molecule has 4 rings (SSSR count). The van der Waals surface area contributed by atoms with Crippen LogP contribution in [0.15, 0.2) is 45.1 Å². The molecule has 1 N–H and O–H groups in total. The fourth-order valence-corrected chi connectivity index (χ4v) is 5.34. The summed E-state index contributed by atoms with van der Waals surface area (Å²) in [7, 11) is -0.664. The van der Waals surface area contributed by atoms with Gasteiger partial charge in [-0.25, -0.2) is 18.2 Å². The topological polar surface area (TPSA) is 128 Å². The number of fused-ring (bicyclic) bond motifs is 1. The van der Waals surface area contributed by atoms with E-state index in [9.17, 15) is 22.8 Å². The molecule has 0 bridgehead atoms. The number of carbonyl (C=O) groups is 1. The Morgan fingerprint density at radius 2 is 1.69 bits per heavy atom. The fourth-order valence-electron chi connectivity index (χ4n) is 3.82. The zero-order chi connectivity index (χ0) is 23.2. The van der Waals surface area contributed by atoms with Crippen LogP contribution in [0, 0.1) is 0 Å². The zero-order valence-corrected chi connectivity index (χ0v) is 18.8. The summed E-state index contributed by atoms with van der Waals surface area (Å²) in [6.45, 7) is 2.64. The van der Waals surface area contributed by atoms with E-state index < -0.39 is 33.2 Å². The van der Waals surface area contributed by atoms with Gasteiger partial charge >= 0.3 is 5.69 Å². The average molecular weight is 461 g/mol. The molecule has 1 aliphatic rings. The number of carbonyl (C=O) groups excluding carboxylic acids is 1. The SMILES string of the molecule is CC(C(=O)Nc1ccc(S(=O)(=O)N2CCCC2)cc1)n1cnc2c1c(=O)n(C)c(=O)n2C. The molecule has 1 saturated heterocycles. The molecule has 32 heavy (non-hydrogen) atoms. The summed E-state index contributed by atoms with van der Waals surface area (Å²) in [5.74, 6) is -0.421. The maximum Gasteiger partial charge on any atom is 0.332 e. The maximum atomic E-state index is 12.8. The standard InChI is InChI=1S/C20H24N6O5S/c1-13(26-12-21-17-16(26)19(28)24(3)20(29)23(17)2)18(27)22-14-6-8-15(9-7-14)32(30,31)25-10-4-5-11-25/h6-9,12-13H,4-5,10-11H2,1-3H3,(H,22,27). The molecule has 3 aromatic rings. The number of sulfonamides is 1. The lowest BCUT2D eigenvalue weighted by atomic mass is 10.2. The second-order valence-electron chi connectivity index (χ2n) is 7.83. The van der Waals surface area contributed by atoms with Crippen LogP contribution >= 0.6 is 0 Å². The molecule has 2 aromatic heterocycles. The molecule has 1 aromatic carbocycles. The number of hydrogen-bond acceptors (Lipinski definition) is 6. The van der Waals surface area contributed by atoms with Gasteiger partial charge in [-0.1, -0.05) is 0 Å². The number of benzene rings is 1. The van der Waals surface area contributed by atoms with E-state index in [2.05, 4.69) is 10.3 Å². The molecule has 0 saturated carbocycles. The van der Waals surface area contributed by atoms with E-state index in [1.54, 1.807) is 6.92 Å². The largest absolute Gasteiger partial charge is 0.332 e. The van der Waals surface area contributed by atoms with E-state index >= 15 is 0 Å². The number of anilines is 1. The third-order valence-corrected chi connectivity index (χ3v) is 7.71. The van der Waals surface area contributed by atoms with Crippen molar-refractivity contribution in [1.29, 1.82) is 0 Å². The van der Waals surface area contributed by atoms with Crippen molar-refractivity contribution >= 4 is 32.8 Å². The van der Waals surface area contributed by atoms with Gasteiger partial charge in [0.15, 0.2) is 11.2 Å². The van der Waals surface area contributed by atoms with Crippen molar-refractivity contribution in [3.05, 3.63) is 51.4 Å². The van der Waals surface area contributed by atoms with Crippen LogP contribution in [-0.4, -0.2) is 50.4 Å². The smallest absolute Gasteiger partial charge is 0.324 e. The molecule has 11 nitrogen and oxygen atoms in total. The summed E-state index contributed by atoms with van der Waals surface area (Å²) in [5.41, 5.74) is -0.295. The van der Waals surface area contributed by atoms with Crippen molar-refractivity contribution < 1.29 is 13.2 Å². The van der Waals surface area contributed by atoms with Crippen LogP contribution < -0.4 is 16.6 Å². The van der Waals surface area contributed by atoms with Gasteiger partial charge in [-0.05, 0) is 44.0 Å². The van der Waals surface area contributed by atoms with Crippen LogP contribution in [0.2, 0.25) is 0 Å². The highest BCUT2D eigenvalue weighted by Crippen LogP contribution is 2.23. The van der Waals surface area contributed by atoms with Gasteiger partial charge in [0.25, 0.3) is 5.56 Å². The third-order valence-electron chi connectivity index (χ3n) is 5.79. The lowest BCUT2D eigenvalue weighted by Crippen LogP contribution is -2.38. The molecule has 3 heterocycles. The van der Waals surface area contributed by atoms with Gasteiger partial charge in [0.05, 0.1) is 11.2 Å². The molecule has 0 spiro atoms. The molecule has 1 unspecified atom stereocenters. The Balaban J connectivity index is 1.57. The van der Waals surface area contributed by atoms with Gasteiger partial charge < -0.3 is 9.88 Å². The zero-order valence-electron chi connectivity index (χ0n) is 18.0. The normalized spacial score (nSPS) is 15.8. The first-order valence-corrected chi connectivity index (χ1v) is 11.6. The van der Waals surface area contributed by atoms with E-state index in [4.69, 9.17) is 0 Å². The lowest BCUT2D eigenvalue weighted by molar-refractivity contribution is -0.118. The number of nitrogens with zero attached hydrogens (tertiary/aromatic N) is 5. The number of nitrogens with one attached hydrogen (secondary N) is 1. The fraction of sp³-hybridized carbons (Fsp3) is 0.400. The first-order chi connectivity index (χ1) is 15.1. The Morgan fingerprint density at radius 3 is 2.31 bits per heavy atom. The van der Waals surface area contributed by atoms with Crippen molar-refractivity contribution in [1.82, 2.24) is 23.0 Å².